The first-order valence-electron chi connectivity index (χ1n) is 10.1. The third-order valence-electron chi connectivity index (χ3n) is 5.60. The lowest BCUT2D eigenvalue weighted by Gasteiger charge is -2.29. The fourth-order valence-corrected chi connectivity index (χ4v) is 5.56. The van der Waals surface area contributed by atoms with Crippen molar-refractivity contribution in [2.24, 2.45) is 0 Å². The number of ether oxygens (including phenoxy) is 1. The second-order valence-electron chi connectivity index (χ2n) is 7.81. The summed E-state index contributed by atoms with van der Waals surface area (Å²) in [7, 11) is 0. The van der Waals surface area contributed by atoms with Crippen LogP contribution in [-0.4, -0.2) is 51.7 Å². The fourth-order valence-electron chi connectivity index (χ4n) is 3.97. The minimum Gasteiger partial charge on any atom is -0.454 e. The van der Waals surface area contributed by atoms with E-state index < -0.39 is 24.5 Å². The van der Waals surface area contributed by atoms with Crippen LogP contribution < -0.4 is 5.32 Å². The fraction of sp³-hybridized carbons (Fsp3) is 0.304. The van der Waals surface area contributed by atoms with E-state index in [9.17, 15) is 19.2 Å². The van der Waals surface area contributed by atoms with Crippen LogP contribution in [-0.2, 0) is 19.1 Å². The second-order valence-corrected chi connectivity index (χ2v) is 9.74. The van der Waals surface area contributed by atoms with Gasteiger partial charge in [0.05, 0.1) is 10.6 Å². The average Bonchev–Trinajstić information content (AvgIpc) is 3.29. The summed E-state index contributed by atoms with van der Waals surface area (Å²) >= 11 is 7.61. The lowest BCUT2D eigenvalue weighted by Crippen LogP contribution is -2.47. The summed E-state index contributed by atoms with van der Waals surface area (Å²) in [6.07, 6.45) is 1.10. The molecule has 32 heavy (non-hydrogen) atoms. The Morgan fingerprint density at radius 3 is 2.72 bits per heavy atom. The summed E-state index contributed by atoms with van der Waals surface area (Å²) in [4.78, 5) is 51.3. The van der Waals surface area contributed by atoms with Gasteiger partial charge in [0.1, 0.15) is 6.04 Å². The number of carbonyl (C=O) groups excluding carboxylic acids is 4. The van der Waals surface area contributed by atoms with Crippen molar-refractivity contribution in [3.8, 4) is 0 Å². The van der Waals surface area contributed by atoms with Crippen LogP contribution in [0.4, 0.5) is 5.69 Å². The Kier molecular flexibility index (Phi) is 6.26. The van der Waals surface area contributed by atoms with E-state index in [1.54, 1.807) is 53.1 Å². The Balaban J connectivity index is 1.41. The van der Waals surface area contributed by atoms with Crippen LogP contribution in [0, 0.1) is 0 Å². The number of nitrogens with zero attached hydrogens (tertiary/aromatic N) is 1. The summed E-state index contributed by atoms with van der Waals surface area (Å²) in [5, 5.41) is 2.97. The van der Waals surface area contributed by atoms with Gasteiger partial charge in [-0.25, -0.2) is 4.79 Å². The number of thioether (sulfide) groups is 1. The molecule has 0 aromatic heterocycles. The highest BCUT2D eigenvalue weighted by Crippen LogP contribution is 2.47. The van der Waals surface area contributed by atoms with Crippen molar-refractivity contribution in [2.75, 3.05) is 17.7 Å². The van der Waals surface area contributed by atoms with Crippen LogP contribution in [0.1, 0.15) is 35.7 Å². The monoisotopic (exact) mass is 472 g/mol. The first-order valence-corrected chi connectivity index (χ1v) is 11.5. The van der Waals surface area contributed by atoms with E-state index in [4.69, 9.17) is 16.3 Å². The third-order valence-corrected chi connectivity index (χ3v) is 7.34. The summed E-state index contributed by atoms with van der Waals surface area (Å²) < 4.78 is 5.20. The molecule has 2 aromatic carbocycles. The van der Waals surface area contributed by atoms with Gasteiger partial charge in [-0.1, -0.05) is 41.9 Å². The number of hydrogen-bond donors (Lipinski definition) is 1. The number of carbonyl (C=O) groups is 4. The van der Waals surface area contributed by atoms with Gasteiger partial charge in [-0.05, 0) is 31.5 Å². The van der Waals surface area contributed by atoms with Gasteiger partial charge in [0.15, 0.2) is 12.4 Å². The van der Waals surface area contributed by atoms with Gasteiger partial charge in [-0.3, -0.25) is 14.4 Å². The normalized spacial score (nSPS) is 21.9. The highest BCUT2D eigenvalue weighted by atomic mass is 35.5. The lowest BCUT2D eigenvalue weighted by molar-refractivity contribution is -0.155. The van der Waals surface area contributed by atoms with Gasteiger partial charge in [-0.15, -0.1) is 11.8 Å². The van der Waals surface area contributed by atoms with Crippen molar-refractivity contribution in [3.05, 3.63) is 64.7 Å². The van der Waals surface area contributed by atoms with Crippen LogP contribution >= 0.6 is 23.4 Å². The molecule has 2 fully saturated rings. The topological polar surface area (TPSA) is 92.8 Å². The molecule has 2 aromatic rings. The summed E-state index contributed by atoms with van der Waals surface area (Å²) in [6.45, 7) is 1.41. The van der Waals surface area contributed by atoms with E-state index in [-0.39, 0.29) is 27.8 Å². The maximum atomic E-state index is 12.9. The maximum Gasteiger partial charge on any atom is 0.330 e. The zero-order valence-electron chi connectivity index (χ0n) is 17.3. The van der Waals surface area contributed by atoms with Crippen molar-refractivity contribution in [3.63, 3.8) is 0 Å². The van der Waals surface area contributed by atoms with Crippen molar-refractivity contribution in [2.45, 2.75) is 30.7 Å². The molecule has 7 nitrogen and oxygen atoms in total. The molecular weight excluding hydrogens is 452 g/mol. The van der Waals surface area contributed by atoms with Gasteiger partial charge >= 0.3 is 5.97 Å². The molecule has 1 N–H and O–H groups in total. The quantitative estimate of drug-likeness (QED) is 0.511. The van der Waals surface area contributed by atoms with E-state index >= 15 is 0 Å². The van der Waals surface area contributed by atoms with E-state index in [1.165, 1.54) is 12.1 Å². The predicted molar refractivity (Wildman–Crippen MR) is 122 cm³/mol. The van der Waals surface area contributed by atoms with Crippen molar-refractivity contribution < 1.29 is 23.9 Å². The molecule has 2 atom stereocenters. The molecule has 9 heteroatoms. The molecular formula is C23H21ClN2O5S. The first-order chi connectivity index (χ1) is 15.3. The van der Waals surface area contributed by atoms with Gasteiger partial charge in [-0.2, -0.15) is 0 Å². The number of rotatable bonds is 6. The number of esters is 1. The Bertz CT molecular complexity index is 1090. The number of halogens is 1. The van der Waals surface area contributed by atoms with Crippen molar-refractivity contribution in [1.82, 2.24) is 4.90 Å². The van der Waals surface area contributed by atoms with E-state index in [1.807, 2.05) is 6.92 Å². The van der Waals surface area contributed by atoms with Gasteiger partial charge in [0.2, 0.25) is 5.91 Å². The van der Waals surface area contributed by atoms with Crippen LogP contribution in [0.5, 0.6) is 0 Å². The Labute approximate surface area is 194 Å². The first kappa shape index (κ1) is 22.4. The van der Waals surface area contributed by atoms with E-state index in [0.717, 1.165) is 0 Å². The molecule has 2 saturated heterocycles. The molecule has 0 saturated carbocycles. The van der Waals surface area contributed by atoms with Crippen LogP contribution in [0.15, 0.2) is 48.5 Å². The molecule has 0 aliphatic carbocycles. The zero-order valence-corrected chi connectivity index (χ0v) is 18.9. The number of amides is 2. The smallest absolute Gasteiger partial charge is 0.330 e. The van der Waals surface area contributed by atoms with Crippen LogP contribution in [0.2, 0.25) is 5.02 Å². The van der Waals surface area contributed by atoms with Crippen molar-refractivity contribution in [1.29, 1.82) is 0 Å². The highest BCUT2D eigenvalue weighted by molar-refractivity contribution is 8.01. The van der Waals surface area contributed by atoms with Crippen LogP contribution in [0.3, 0.4) is 0 Å². The molecule has 0 bridgehead atoms. The molecule has 0 radical (unpaired) electrons. The minimum absolute atomic E-state index is 0.0749. The SMILES string of the molecule is C[C@@]12CCC(=O)N1[C@@H](C(=O)OCC(=O)Nc1ccc(Cl)cc1C(=O)c1ccccc1)CS2. The number of fused-ring (bicyclic) bond motifs is 1. The number of benzene rings is 2. The zero-order chi connectivity index (χ0) is 22.9. The van der Waals surface area contributed by atoms with Crippen molar-refractivity contribution >= 4 is 52.6 Å². The summed E-state index contributed by atoms with van der Waals surface area (Å²) in [5.41, 5.74) is 0.950. The van der Waals surface area contributed by atoms with E-state index in [2.05, 4.69) is 5.32 Å². The molecule has 166 valence electrons. The maximum absolute atomic E-state index is 12.9. The van der Waals surface area contributed by atoms with E-state index in [0.29, 0.717) is 29.2 Å². The number of hydrogen-bond acceptors (Lipinski definition) is 6. The molecule has 0 spiro atoms. The molecule has 0 unspecified atom stereocenters. The average molecular weight is 473 g/mol. The number of nitrogens with one attached hydrogen (secondary N) is 1. The minimum atomic E-state index is -0.696. The molecule has 4 rings (SSSR count). The number of ketones is 1. The molecule has 2 aliphatic heterocycles. The number of anilines is 1. The second kappa shape index (κ2) is 8.96. The van der Waals surface area contributed by atoms with Crippen LogP contribution in [0.25, 0.3) is 0 Å². The van der Waals surface area contributed by atoms with Gasteiger partial charge in [0.25, 0.3) is 5.91 Å². The predicted octanol–water partition coefficient (Wildman–Crippen LogP) is 3.51. The standard InChI is InChI=1S/C23H21ClN2O5S/c1-23-10-9-20(28)26(23)18(13-32-23)22(30)31-12-19(27)25-17-8-7-15(24)11-16(17)21(29)14-5-3-2-4-6-14/h2-8,11,18H,9-10,12-13H2,1H3,(H,25,27)/t18-,23-/m1/s1. The third kappa shape index (κ3) is 4.38. The highest BCUT2D eigenvalue weighted by Gasteiger charge is 2.53. The Morgan fingerprint density at radius 1 is 1.22 bits per heavy atom. The molecule has 2 amide bonds. The summed E-state index contributed by atoms with van der Waals surface area (Å²) in [6, 6.07) is 12.5. The van der Waals surface area contributed by atoms with Gasteiger partial charge in [0, 0.05) is 28.3 Å². The Morgan fingerprint density at radius 2 is 1.97 bits per heavy atom. The molecule has 2 aliphatic rings. The summed E-state index contributed by atoms with van der Waals surface area (Å²) in [5.74, 6) is -1.13. The largest absolute Gasteiger partial charge is 0.454 e. The Hall–Kier alpha value is -2.84. The van der Waals surface area contributed by atoms with Gasteiger partial charge < -0.3 is 15.0 Å². The lowest BCUT2D eigenvalue weighted by atomic mass is 10.0. The molecule has 2 heterocycles.